The zero-order valence-electron chi connectivity index (χ0n) is 22.2. The van der Waals surface area contributed by atoms with Crippen LogP contribution in [0.25, 0.3) is 0 Å². The zero-order chi connectivity index (χ0) is 26.7. The number of thiophene rings is 1. The maximum atomic E-state index is 12.9. The van der Waals surface area contributed by atoms with Gasteiger partial charge in [-0.05, 0) is 81.7 Å². The highest BCUT2D eigenvalue weighted by Gasteiger charge is 2.29. The van der Waals surface area contributed by atoms with Crippen molar-refractivity contribution in [3.05, 3.63) is 51.2 Å². The molecule has 3 aromatic rings. The van der Waals surface area contributed by atoms with Gasteiger partial charge in [0.05, 0.1) is 18.4 Å². The van der Waals surface area contributed by atoms with Gasteiger partial charge in [0.15, 0.2) is 17.1 Å². The van der Waals surface area contributed by atoms with Crippen LogP contribution in [0.15, 0.2) is 23.4 Å². The Balaban J connectivity index is 1.44. The molecule has 8 nitrogen and oxygen atoms in total. The molecule has 0 aliphatic heterocycles. The summed E-state index contributed by atoms with van der Waals surface area (Å²) in [6, 6.07) is 6.01. The molecule has 0 bridgehead atoms. The molecule has 1 aliphatic rings. The van der Waals surface area contributed by atoms with E-state index < -0.39 is 5.97 Å². The molecule has 0 radical (unpaired) electrons. The summed E-state index contributed by atoms with van der Waals surface area (Å²) in [5.74, 6) is 1.59. The summed E-state index contributed by atoms with van der Waals surface area (Å²) >= 11 is 2.80. The minimum absolute atomic E-state index is 0.143. The summed E-state index contributed by atoms with van der Waals surface area (Å²) < 4.78 is 13.1. The monoisotopic (exact) mass is 542 g/mol. The molecule has 0 saturated heterocycles. The van der Waals surface area contributed by atoms with Crippen molar-refractivity contribution in [3.63, 3.8) is 0 Å². The number of thioether (sulfide) groups is 1. The lowest BCUT2D eigenvalue weighted by Crippen LogP contribution is -2.17. The molecule has 2 heterocycles. The van der Waals surface area contributed by atoms with E-state index >= 15 is 0 Å². The minimum Gasteiger partial charge on any atom is -0.483 e. The van der Waals surface area contributed by atoms with E-state index in [-0.39, 0.29) is 17.8 Å². The topological polar surface area (TPSA) is 95.3 Å². The average Bonchev–Trinajstić information content (AvgIpc) is 3.44. The van der Waals surface area contributed by atoms with Gasteiger partial charge in [-0.1, -0.05) is 24.8 Å². The van der Waals surface area contributed by atoms with Gasteiger partial charge in [-0.15, -0.1) is 21.5 Å². The van der Waals surface area contributed by atoms with Gasteiger partial charge in [0.2, 0.25) is 5.91 Å². The van der Waals surface area contributed by atoms with Gasteiger partial charge in [-0.2, -0.15) is 0 Å². The summed E-state index contributed by atoms with van der Waals surface area (Å²) in [6.45, 7) is 10.9. The molecule has 0 spiro atoms. The van der Waals surface area contributed by atoms with Gasteiger partial charge in [0, 0.05) is 11.4 Å². The van der Waals surface area contributed by atoms with Gasteiger partial charge in [0.25, 0.3) is 0 Å². The van der Waals surface area contributed by atoms with Gasteiger partial charge >= 0.3 is 5.97 Å². The lowest BCUT2D eigenvalue weighted by molar-refractivity contribution is -0.113. The third-order valence-corrected chi connectivity index (χ3v) is 8.84. The Hall–Kier alpha value is -2.85. The molecule has 10 heteroatoms. The van der Waals surface area contributed by atoms with E-state index in [1.54, 1.807) is 0 Å². The van der Waals surface area contributed by atoms with Crippen LogP contribution in [0, 0.1) is 19.8 Å². The summed E-state index contributed by atoms with van der Waals surface area (Å²) in [4.78, 5) is 26.6. The quantitative estimate of drug-likeness (QED) is 0.271. The van der Waals surface area contributed by atoms with Crippen LogP contribution in [0.2, 0.25) is 0 Å². The first kappa shape index (κ1) is 27.2. The van der Waals surface area contributed by atoms with Crippen molar-refractivity contribution in [2.45, 2.75) is 71.7 Å². The van der Waals surface area contributed by atoms with E-state index in [9.17, 15) is 9.59 Å². The molecule has 2 atom stereocenters. The predicted molar refractivity (Wildman–Crippen MR) is 147 cm³/mol. The Labute approximate surface area is 226 Å². The largest absolute Gasteiger partial charge is 0.483 e. The Morgan fingerprint density at radius 3 is 2.76 bits per heavy atom. The van der Waals surface area contributed by atoms with Crippen molar-refractivity contribution in [1.82, 2.24) is 14.8 Å². The number of methoxy groups -OCH3 is 1. The molecule has 1 N–H and O–H groups in total. The van der Waals surface area contributed by atoms with Crippen LogP contribution >= 0.6 is 23.1 Å². The van der Waals surface area contributed by atoms with Gasteiger partial charge in [-0.3, -0.25) is 4.79 Å². The van der Waals surface area contributed by atoms with E-state index in [4.69, 9.17) is 9.47 Å². The molecule has 1 aliphatic carbocycles. The fourth-order valence-corrected chi connectivity index (χ4v) is 6.72. The standard InChI is InChI=1S/C27H34N4O4S2/c1-7-31-24(18(5)35-19-10-9-16(3)17(4)13-19)29-30-27(31)36-14-22(32)28-25-23(26(33)34-6)20-11-8-15(2)12-21(20)37-25/h9-10,13,15,18H,7-8,11-12,14H2,1-6H3,(H,28,32). The first-order valence-electron chi connectivity index (χ1n) is 12.5. The normalized spacial score (nSPS) is 15.7. The van der Waals surface area contributed by atoms with Crippen molar-refractivity contribution < 1.29 is 19.1 Å². The Morgan fingerprint density at radius 2 is 2.05 bits per heavy atom. The number of nitrogens with zero attached hydrogens (tertiary/aromatic N) is 3. The third-order valence-electron chi connectivity index (χ3n) is 6.70. The van der Waals surface area contributed by atoms with Crippen LogP contribution in [-0.2, 0) is 28.9 Å². The molecule has 37 heavy (non-hydrogen) atoms. The number of aromatic nitrogens is 3. The molecule has 0 fully saturated rings. The van der Waals surface area contributed by atoms with Crippen LogP contribution in [0.5, 0.6) is 5.75 Å². The van der Waals surface area contributed by atoms with E-state index in [0.717, 1.165) is 35.5 Å². The fourth-order valence-electron chi connectivity index (χ4n) is 4.50. The highest BCUT2D eigenvalue weighted by Crippen LogP contribution is 2.40. The Bertz CT molecular complexity index is 1300. The zero-order valence-corrected chi connectivity index (χ0v) is 23.8. The smallest absolute Gasteiger partial charge is 0.341 e. The van der Waals surface area contributed by atoms with Crippen molar-refractivity contribution in [3.8, 4) is 5.75 Å². The third kappa shape index (κ3) is 6.01. The van der Waals surface area contributed by atoms with Crippen molar-refractivity contribution in [2.75, 3.05) is 18.2 Å². The van der Waals surface area contributed by atoms with E-state index in [1.165, 1.54) is 41.3 Å². The highest BCUT2D eigenvalue weighted by atomic mass is 32.2. The summed E-state index contributed by atoms with van der Waals surface area (Å²) in [5.41, 5.74) is 3.90. The molecular formula is C27H34N4O4S2. The van der Waals surface area contributed by atoms with Gasteiger partial charge in [0.1, 0.15) is 10.8 Å². The van der Waals surface area contributed by atoms with Crippen molar-refractivity contribution >= 4 is 40.0 Å². The number of amides is 1. The van der Waals surface area contributed by atoms with E-state index in [2.05, 4.69) is 36.3 Å². The Kier molecular flexibility index (Phi) is 8.59. The number of hydrogen-bond donors (Lipinski definition) is 1. The number of hydrogen-bond acceptors (Lipinski definition) is 8. The number of carbonyl (C=O) groups excluding carboxylic acids is 2. The molecule has 1 amide bonds. The maximum Gasteiger partial charge on any atom is 0.341 e. The van der Waals surface area contributed by atoms with Crippen LogP contribution < -0.4 is 10.1 Å². The lowest BCUT2D eigenvalue weighted by atomic mass is 9.88. The van der Waals surface area contributed by atoms with Crippen LogP contribution in [0.4, 0.5) is 5.00 Å². The van der Waals surface area contributed by atoms with Crippen LogP contribution in [0.1, 0.15) is 71.0 Å². The highest BCUT2D eigenvalue weighted by molar-refractivity contribution is 7.99. The molecule has 4 rings (SSSR count). The summed E-state index contributed by atoms with van der Waals surface area (Å²) in [7, 11) is 1.37. The molecule has 0 saturated carbocycles. The first-order valence-corrected chi connectivity index (χ1v) is 14.3. The van der Waals surface area contributed by atoms with Gasteiger partial charge < -0.3 is 19.4 Å². The minimum atomic E-state index is -0.400. The number of aryl methyl sites for hydroxylation is 2. The number of carbonyl (C=O) groups is 2. The number of rotatable bonds is 9. The number of anilines is 1. The number of fused-ring (bicyclic) bond motifs is 1. The number of esters is 1. The molecule has 2 aromatic heterocycles. The van der Waals surface area contributed by atoms with Crippen molar-refractivity contribution in [1.29, 1.82) is 0 Å². The SMILES string of the molecule is CCn1c(SCC(=O)Nc2sc3c(c2C(=O)OC)CCC(C)C3)nnc1C(C)Oc1ccc(C)c(C)c1. The predicted octanol–water partition coefficient (Wildman–Crippen LogP) is 5.76. The summed E-state index contributed by atoms with van der Waals surface area (Å²) in [6.07, 6.45) is 2.46. The fraction of sp³-hybridized carbons (Fsp3) is 0.481. The van der Waals surface area contributed by atoms with Crippen LogP contribution in [0.3, 0.4) is 0 Å². The maximum absolute atomic E-state index is 12.9. The number of ether oxygens (including phenoxy) is 2. The number of benzene rings is 1. The molecule has 2 unspecified atom stereocenters. The molecular weight excluding hydrogens is 508 g/mol. The first-order chi connectivity index (χ1) is 17.7. The second-order valence-electron chi connectivity index (χ2n) is 9.48. The van der Waals surface area contributed by atoms with Crippen LogP contribution in [-0.4, -0.2) is 39.5 Å². The lowest BCUT2D eigenvalue weighted by Gasteiger charge is -2.18. The van der Waals surface area contributed by atoms with E-state index in [1.807, 2.05) is 36.6 Å². The second kappa shape index (κ2) is 11.7. The molecule has 1 aromatic carbocycles. The second-order valence-corrected chi connectivity index (χ2v) is 11.5. The molecule has 198 valence electrons. The van der Waals surface area contributed by atoms with E-state index in [0.29, 0.717) is 34.0 Å². The average molecular weight is 543 g/mol. The Morgan fingerprint density at radius 1 is 1.27 bits per heavy atom. The van der Waals surface area contributed by atoms with Crippen molar-refractivity contribution in [2.24, 2.45) is 5.92 Å². The summed E-state index contributed by atoms with van der Waals surface area (Å²) in [5, 5.41) is 12.9. The number of nitrogens with one attached hydrogen (secondary N) is 1. The van der Waals surface area contributed by atoms with Gasteiger partial charge in [-0.25, -0.2) is 4.79 Å².